The van der Waals surface area contributed by atoms with Crippen molar-refractivity contribution in [1.29, 1.82) is 0 Å². The van der Waals surface area contributed by atoms with Crippen LogP contribution in [0.2, 0.25) is 0 Å². The molecule has 1 rings (SSSR count). The smallest absolute Gasteiger partial charge is 0.307 e. The first-order valence-corrected chi connectivity index (χ1v) is 3.63. The highest BCUT2D eigenvalue weighted by atomic mass is 16.6. The predicted octanol–water partition coefficient (Wildman–Crippen LogP) is 0.917. The molecule has 0 aromatic rings. The molecule has 0 N–H and O–H groups in total. The van der Waals surface area contributed by atoms with Crippen LogP contribution in [-0.2, 0) is 14.3 Å². The van der Waals surface area contributed by atoms with Gasteiger partial charge in [-0.25, -0.2) is 0 Å². The molecule has 0 bridgehead atoms. The van der Waals surface area contributed by atoms with Crippen molar-refractivity contribution in [3.05, 3.63) is 0 Å². The van der Waals surface area contributed by atoms with Crippen LogP contribution < -0.4 is 0 Å². The Hall–Kier alpha value is -0.860. The molecule has 0 spiro atoms. The van der Waals surface area contributed by atoms with Gasteiger partial charge in [-0.15, -0.1) is 0 Å². The maximum Gasteiger partial charge on any atom is 0.307 e. The Morgan fingerprint density at radius 3 is 2.36 bits per heavy atom. The molecule has 3 nitrogen and oxygen atoms in total. The number of hydrogen-bond donors (Lipinski definition) is 0. The van der Waals surface area contributed by atoms with E-state index >= 15 is 0 Å². The first kappa shape index (κ1) is 8.24. The van der Waals surface area contributed by atoms with E-state index in [1.54, 1.807) is 0 Å². The minimum atomic E-state index is -0.532. The number of esters is 1. The Kier molecular flexibility index (Phi) is 1.74. The maximum atomic E-state index is 10.9. The molecule has 0 aromatic carbocycles. The largest absolute Gasteiger partial charge is 0.454 e. The van der Waals surface area contributed by atoms with Crippen LogP contribution in [0.5, 0.6) is 0 Å². The predicted molar refractivity (Wildman–Crippen MR) is 39.0 cm³/mol. The van der Waals surface area contributed by atoms with E-state index in [0.29, 0.717) is 6.42 Å². The summed E-state index contributed by atoms with van der Waals surface area (Å²) in [6.07, 6.45) is -0.188. The molecule has 0 aliphatic carbocycles. The molecular formula is C8H12O3. The van der Waals surface area contributed by atoms with Gasteiger partial charge in [-0.2, -0.15) is 0 Å². The first-order chi connectivity index (χ1) is 4.93. The SMILES string of the molecule is CC(=O)C1OC(=O)CC1(C)C. The van der Waals surface area contributed by atoms with Gasteiger partial charge in [0, 0.05) is 5.41 Å². The van der Waals surface area contributed by atoms with Crippen LogP contribution in [0.15, 0.2) is 0 Å². The van der Waals surface area contributed by atoms with Gasteiger partial charge in [0.15, 0.2) is 11.9 Å². The van der Waals surface area contributed by atoms with Crippen LogP contribution in [0.3, 0.4) is 0 Å². The van der Waals surface area contributed by atoms with Crippen molar-refractivity contribution in [2.75, 3.05) is 0 Å². The number of ketones is 1. The Bertz CT molecular complexity index is 205. The van der Waals surface area contributed by atoms with E-state index in [1.165, 1.54) is 6.92 Å². The van der Waals surface area contributed by atoms with Gasteiger partial charge in [0.2, 0.25) is 0 Å². The monoisotopic (exact) mass is 156 g/mol. The standard InChI is InChI=1S/C8H12O3/c1-5(9)7-8(2,3)4-6(10)11-7/h7H,4H2,1-3H3. The third kappa shape index (κ3) is 1.42. The van der Waals surface area contributed by atoms with Crippen LogP contribution >= 0.6 is 0 Å². The molecule has 1 saturated heterocycles. The van der Waals surface area contributed by atoms with E-state index in [4.69, 9.17) is 4.74 Å². The second kappa shape index (κ2) is 2.32. The van der Waals surface area contributed by atoms with Crippen LogP contribution in [0.4, 0.5) is 0 Å². The van der Waals surface area contributed by atoms with E-state index in [1.807, 2.05) is 13.8 Å². The number of cyclic esters (lactones) is 1. The van der Waals surface area contributed by atoms with Crippen LogP contribution in [0.1, 0.15) is 27.2 Å². The summed E-state index contributed by atoms with van der Waals surface area (Å²) in [7, 11) is 0. The molecule has 0 aromatic heterocycles. The number of hydrogen-bond acceptors (Lipinski definition) is 3. The summed E-state index contributed by atoms with van der Waals surface area (Å²) >= 11 is 0. The summed E-state index contributed by atoms with van der Waals surface area (Å²) in [5.74, 6) is -0.337. The second-order valence-electron chi connectivity index (χ2n) is 3.65. The molecule has 1 heterocycles. The molecular weight excluding hydrogens is 144 g/mol. The number of rotatable bonds is 1. The number of Topliss-reactive ketones (excluding diaryl/α,β-unsaturated/α-hetero) is 1. The van der Waals surface area contributed by atoms with Gasteiger partial charge >= 0.3 is 5.97 Å². The van der Waals surface area contributed by atoms with E-state index < -0.39 is 6.10 Å². The Morgan fingerprint density at radius 1 is 1.64 bits per heavy atom. The molecule has 11 heavy (non-hydrogen) atoms. The Labute approximate surface area is 65.7 Å². The highest BCUT2D eigenvalue weighted by molar-refractivity contribution is 5.87. The first-order valence-electron chi connectivity index (χ1n) is 3.63. The summed E-state index contributed by atoms with van der Waals surface area (Å²) in [6.45, 7) is 5.18. The van der Waals surface area contributed by atoms with Crippen molar-refractivity contribution in [3.8, 4) is 0 Å². The highest BCUT2D eigenvalue weighted by Crippen LogP contribution is 2.34. The van der Waals surface area contributed by atoms with E-state index in [-0.39, 0.29) is 17.2 Å². The lowest BCUT2D eigenvalue weighted by molar-refractivity contribution is -0.147. The Morgan fingerprint density at radius 2 is 2.18 bits per heavy atom. The molecule has 1 atom stereocenters. The number of carbonyl (C=O) groups excluding carboxylic acids is 2. The molecule has 0 saturated carbocycles. The van der Waals surface area contributed by atoms with E-state index in [9.17, 15) is 9.59 Å². The molecule has 0 amide bonds. The van der Waals surface area contributed by atoms with Gasteiger partial charge in [0.1, 0.15) is 0 Å². The molecule has 3 heteroatoms. The summed E-state index contributed by atoms with van der Waals surface area (Å²) in [5, 5.41) is 0. The zero-order valence-corrected chi connectivity index (χ0v) is 7.01. The molecule has 0 radical (unpaired) electrons. The third-order valence-corrected chi connectivity index (χ3v) is 1.93. The highest BCUT2D eigenvalue weighted by Gasteiger charge is 2.44. The fraction of sp³-hybridized carbons (Fsp3) is 0.750. The van der Waals surface area contributed by atoms with Crippen molar-refractivity contribution >= 4 is 11.8 Å². The van der Waals surface area contributed by atoms with Crippen LogP contribution in [-0.4, -0.2) is 17.9 Å². The van der Waals surface area contributed by atoms with E-state index in [2.05, 4.69) is 0 Å². The van der Waals surface area contributed by atoms with Crippen molar-refractivity contribution < 1.29 is 14.3 Å². The fourth-order valence-corrected chi connectivity index (χ4v) is 1.43. The van der Waals surface area contributed by atoms with Crippen LogP contribution in [0.25, 0.3) is 0 Å². The number of carbonyl (C=O) groups is 2. The van der Waals surface area contributed by atoms with Gasteiger partial charge in [-0.05, 0) is 6.92 Å². The quantitative estimate of drug-likeness (QED) is 0.530. The van der Waals surface area contributed by atoms with Gasteiger partial charge in [0.25, 0.3) is 0 Å². The molecule has 62 valence electrons. The second-order valence-corrected chi connectivity index (χ2v) is 3.65. The zero-order valence-electron chi connectivity index (χ0n) is 7.01. The van der Waals surface area contributed by atoms with Gasteiger partial charge in [0.05, 0.1) is 6.42 Å². The molecule has 1 unspecified atom stereocenters. The summed E-state index contributed by atoms with van der Waals surface area (Å²) < 4.78 is 4.85. The average Bonchev–Trinajstić information content (AvgIpc) is 2.04. The lowest BCUT2D eigenvalue weighted by Crippen LogP contribution is -2.30. The Balaban J connectivity index is 2.82. The summed E-state index contributed by atoms with van der Waals surface area (Å²) in [6, 6.07) is 0. The topological polar surface area (TPSA) is 43.4 Å². The van der Waals surface area contributed by atoms with Crippen LogP contribution in [0, 0.1) is 5.41 Å². The van der Waals surface area contributed by atoms with Gasteiger partial charge < -0.3 is 4.74 Å². The van der Waals surface area contributed by atoms with Crippen molar-refractivity contribution in [3.63, 3.8) is 0 Å². The zero-order chi connectivity index (χ0) is 8.65. The average molecular weight is 156 g/mol. The fourth-order valence-electron chi connectivity index (χ4n) is 1.43. The lowest BCUT2D eigenvalue weighted by Gasteiger charge is -2.20. The van der Waals surface area contributed by atoms with Gasteiger partial charge in [-0.1, -0.05) is 13.8 Å². The van der Waals surface area contributed by atoms with Gasteiger partial charge in [-0.3, -0.25) is 9.59 Å². The summed E-state index contributed by atoms with van der Waals surface area (Å²) in [5.41, 5.74) is -0.317. The normalized spacial score (nSPS) is 28.3. The molecule has 1 fully saturated rings. The maximum absolute atomic E-state index is 10.9. The van der Waals surface area contributed by atoms with Crippen molar-refractivity contribution in [1.82, 2.24) is 0 Å². The number of ether oxygens (including phenoxy) is 1. The minimum absolute atomic E-state index is 0.0687. The summed E-state index contributed by atoms with van der Waals surface area (Å²) in [4.78, 5) is 21.7. The molecule has 1 aliphatic rings. The molecule has 1 aliphatic heterocycles. The van der Waals surface area contributed by atoms with Crippen molar-refractivity contribution in [2.24, 2.45) is 5.41 Å². The van der Waals surface area contributed by atoms with E-state index in [0.717, 1.165) is 0 Å². The lowest BCUT2D eigenvalue weighted by atomic mass is 9.84. The van der Waals surface area contributed by atoms with Crippen molar-refractivity contribution in [2.45, 2.75) is 33.3 Å². The third-order valence-electron chi connectivity index (χ3n) is 1.93. The minimum Gasteiger partial charge on any atom is -0.454 e.